The van der Waals surface area contributed by atoms with Gasteiger partial charge in [0.05, 0.1) is 38.6 Å². The number of unbranched alkanes of at least 4 members (excludes halogenated alkanes) is 18. The van der Waals surface area contributed by atoms with E-state index in [4.69, 9.17) is 28.4 Å². The second-order valence-corrected chi connectivity index (χ2v) is 23.9. The monoisotopic (exact) mass is 1270 g/mol. The van der Waals surface area contributed by atoms with Gasteiger partial charge in [-0.15, -0.1) is 0 Å². The van der Waals surface area contributed by atoms with E-state index in [2.05, 4.69) is 116 Å². The number of hydrogen-bond acceptors (Lipinski definition) is 18. The van der Waals surface area contributed by atoms with Gasteiger partial charge in [0.15, 0.2) is 18.9 Å². The van der Waals surface area contributed by atoms with E-state index < -0.39 is 124 Å². The van der Waals surface area contributed by atoms with Gasteiger partial charge in [0.25, 0.3) is 0 Å². The topological polar surface area (TPSA) is 307 Å². The van der Waals surface area contributed by atoms with Crippen LogP contribution in [-0.2, 0) is 33.2 Å². The number of ether oxygens (including phenoxy) is 6. The highest BCUT2D eigenvalue weighted by molar-refractivity contribution is 5.76. The lowest BCUT2D eigenvalue weighted by atomic mass is 9.96. The van der Waals surface area contributed by atoms with Crippen LogP contribution < -0.4 is 5.32 Å². The van der Waals surface area contributed by atoms with Gasteiger partial charge in [-0.3, -0.25) is 4.79 Å². The van der Waals surface area contributed by atoms with Crippen LogP contribution in [0, 0.1) is 0 Å². The number of hydrogen-bond donors (Lipinski definition) is 12. The van der Waals surface area contributed by atoms with Gasteiger partial charge >= 0.3 is 0 Å². The highest BCUT2D eigenvalue weighted by Gasteiger charge is 2.53. The van der Waals surface area contributed by atoms with Crippen molar-refractivity contribution < 1.29 is 89.4 Å². The van der Waals surface area contributed by atoms with Crippen LogP contribution in [0.2, 0.25) is 0 Å². The molecule has 90 heavy (non-hydrogen) atoms. The fourth-order valence-electron chi connectivity index (χ4n) is 10.8. The van der Waals surface area contributed by atoms with Crippen molar-refractivity contribution in [3.8, 4) is 0 Å². The third-order valence-corrected chi connectivity index (χ3v) is 16.3. The Hall–Kier alpha value is -3.55. The molecule has 3 rings (SSSR count). The lowest BCUT2D eigenvalue weighted by molar-refractivity contribution is -0.379. The normalized spacial score (nSPS) is 28.7. The number of aliphatic hydroxyl groups excluding tert-OH is 11. The Labute approximate surface area is 538 Å². The van der Waals surface area contributed by atoms with E-state index in [-0.39, 0.29) is 18.9 Å². The average Bonchev–Trinajstić information content (AvgIpc) is 0.908. The molecule has 3 saturated heterocycles. The molecule has 3 heterocycles. The Morgan fingerprint density at radius 3 is 1.24 bits per heavy atom. The summed E-state index contributed by atoms with van der Waals surface area (Å²) in [5.41, 5.74) is 0. The van der Waals surface area contributed by atoms with Crippen LogP contribution >= 0.6 is 0 Å². The van der Waals surface area contributed by atoms with E-state index in [0.717, 1.165) is 96.3 Å². The van der Waals surface area contributed by atoms with Crippen molar-refractivity contribution in [1.29, 1.82) is 0 Å². The summed E-state index contributed by atoms with van der Waals surface area (Å²) in [5, 5.41) is 120. The summed E-state index contributed by atoms with van der Waals surface area (Å²) in [7, 11) is 0. The molecule has 12 N–H and O–H groups in total. The first kappa shape index (κ1) is 80.7. The van der Waals surface area contributed by atoms with Crippen molar-refractivity contribution in [2.75, 3.05) is 26.4 Å². The van der Waals surface area contributed by atoms with Gasteiger partial charge in [-0.05, 0) is 96.3 Å². The van der Waals surface area contributed by atoms with Gasteiger partial charge in [0.2, 0.25) is 5.91 Å². The third kappa shape index (κ3) is 33.5. The number of aliphatic hydroxyl groups is 11. The quantitative estimate of drug-likeness (QED) is 0.0200. The van der Waals surface area contributed by atoms with Crippen molar-refractivity contribution in [2.24, 2.45) is 0 Å². The van der Waals surface area contributed by atoms with Gasteiger partial charge in [-0.25, -0.2) is 0 Å². The molecule has 3 aliphatic heterocycles. The third-order valence-electron chi connectivity index (χ3n) is 16.3. The zero-order valence-corrected chi connectivity index (χ0v) is 54.3. The van der Waals surface area contributed by atoms with E-state index in [9.17, 15) is 61.0 Å². The predicted octanol–water partition coefficient (Wildman–Crippen LogP) is 8.66. The van der Waals surface area contributed by atoms with Crippen LogP contribution in [0.25, 0.3) is 0 Å². The Morgan fingerprint density at radius 2 is 0.778 bits per heavy atom. The molecule has 3 aliphatic rings. The zero-order chi connectivity index (χ0) is 65.4. The SMILES string of the molecule is CC/C=C\C/C=C\C/C=C\C/C=C\C/C=C\C/C=C\CCCCCCCCCCCCCCC(=O)NC(COC1OC(CO)C(OC2OC(CO)C(OC3OC(CO)C(O)C(O)C3O)C(O)C2O)C(O)C1O)C(O)/C=C/CC/C=C/CC/C=C/CCCCCC. The highest BCUT2D eigenvalue weighted by atomic mass is 16.8. The van der Waals surface area contributed by atoms with Crippen LogP contribution in [-0.4, -0.2) is 193 Å². The smallest absolute Gasteiger partial charge is 0.220 e. The fraction of sp³-hybridized carbons (Fsp3) is 0.732. The molecule has 3 fully saturated rings. The maximum Gasteiger partial charge on any atom is 0.220 e. The molecule has 0 aromatic carbocycles. The summed E-state index contributed by atoms with van der Waals surface area (Å²) >= 11 is 0. The van der Waals surface area contributed by atoms with Crippen molar-refractivity contribution in [2.45, 2.75) is 304 Å². The summed E-state index contributed by atoms with van der Waals surface area (Å²) in [6.45, 7) is 1.54. The van der Waals surface area contributed by atoms with Gasteiger partial charge in [-0.1, -0.05) is 207 Å². The molecular formula is C71H119NO18. The first-order valence-electron chi connectivity index (χ1n) is 34.1. The van der Waals surface area contributed by atoms with Crippen molar-refractivity contribution in [3.63, 3.8) is 0 Å². The number of carbonyl (C=O) groups is 1. The minimum Gasteiger partial charge on any atom is -0.394 e. The predicted molar refractivity (Wildman–Crippen MR) is 350 cm³/mol. The van der Waals surface area contributed by atoms with Gasteiger partial charge < -0.3 is 89.9 Å². The fourth-order valence-corrected chi connectivity index (χ4v) is 10.8. The Bertz CT molecular complexity index is 2060. The molecule has 0 aromatic heterocycles. The standard InChI is InChI=1S/C71H119NO18/c1-3-5-7-9-11-13-15-17-19-20-21-22-23-24-25-26-27-28-29-30-31-32-33-34-35-37-39-41-43-45-47-49-59(77)72-54(55(76)48-46-44-42-40-38-36-18-16-14-12-10-8-6-4-2)53-85-69-65(83)62(80)67(57(51-74)87-69)90-71-66(84)63(81)68(58(52-75)88-71)89-70-64(82)61(79)60(78)56(50-73)86-70/h5,7,11,13-14,16-17,19,21-22,24-25,27-28,38,40,46,48,54-58,60-71,73-76,78-84H,3-4,6,8-10,12,15,18,20,23,26,29-37,39,41-45,47,49-53H2,1-2H3,(H,72,77)/b7-5-,13-11-,16-14+,19-17-,22-21-,25-24-,28-27-,40-38+,48-46+. The first-order chi connectivity index (χ1) is 43.8. The molecular weight excluding hydrogens is 1150 g/mol. The van der Waals surface area contributed by atoms with Crippen molar-refractivity contribution in [3.05, 3.63) is 109 Å². The molecule has 0 saturated carbocycles. The molecule has 0 spiro atoms. The van der Waals surface area contributed by atoms with Crippen LogP contribution in [0.5, 0.6) is 0 Å². The molecule has 516 valence electrons. The maximum atomic E-state index is 13.4. The maximum absolute atomic E-state index is 13.4. The van der Waals surface area contributed by atoms with E-state index in [0.29, 0.717) is 12.8 Å². The zero-order valence-electron chi connectivity index (χ0n) is 54.3. The molecule has 17 atom stereocenters. The lowest BCUT2D eigenvalue weighted by Gasteiger charge is -2.48. The van der Waals surface area contributed by atoms with Gasteiger partial charge in [0.1, 0.15) is 73.2 Å². The Balaban J connectivity index is 1.40. The van der Waals surface area contributed by atoms with Crippen LogP contribution in [0.3, 0.4) is 0 Å². The summed E-state index contributed by atoms with van der Waals surface area (Å²) in [5.74, 6) is -0.298. The number of allylic oxidation sites excluding steroid dienone is 17. The number of amides is 1. The summed E-state index contributed by atoms with van der Waals surface area (Å²) in [6.07, 6.45) is 42.1. The Kier molecular flexibility index (Phi) is 46.5. The largest absolute Gasteiger partial charge is 0.394 e. The van der Waals surface area contributed by atoms with Gasteiger partial charge in [-0.2, -0.15) is 0 Å². The minimum atomic E-state index is -1.99. The number of rotatable bonds is 50. The lowest BCUT2D eigenvalue weighted by Crippen LogP contribution is -2.66. The molecule has 17 unspecified atom stereocenters. The summed E-state index contributed by atoms with van der Waals surface area (Å²) in [6, 6.07) is -1.00. The first-order valence-corrected chi connectivity index (χ1v) is 34.1. The summed E-state index contributed by atoms with van der Waals surface area (Å²) in [4.78, 5) is 13.4. The second-order valence-electron chi connectivity index (χ2n) is 23.9. The second kappa shape index (κ2) is 51.8. The van der Waals surface area contributed by atoms with Crippen molar-refractivity contribution >= 4 is 5.91 Å². The van der Waals surface area contributed by atoms with Crippen LogP contribution in [0.15, 0.2) is 109 Å². The molecule has 0 aromatic rings. The van der Waals surface area contributed by atoms with Crippen LogP contribution in [0.1, 0.15) is 200 Å². The number of nitrogens with one attached hydrogen (secondary N) is 1. The molecule has 0 aliphatic carbocycles. The van der Waals surface area contributed by atoms with Crippen molar-refractivity contribution in [1.82, 2.24) is 5.32 Å². The Morgan fingerprint density at radius 1 is 0.411 bits per heavy atom. The molecule has 19 nitrogen and oxygen atoms in total. The molecule has 0 radical (unpaired) electrons. The van der Waals surface area contributed by atoms with E-state index in [1.165, 1.54) is 70.6 Å². The molecule has 1 amide bonds. The van der Waals surface area contributed by atoms with E-state index in [1.807, 2.05) is 6.08 Å². The average molecular weight is 1270 g/mol. The summed E-state index contributed by atoms with van der Waals surface area (Å²) < 4.78 is 34.3. The van der Waals surface area contributed by atoms with Crippen LogP contribution in [0.4, 0.5) is 0 Å². The van der Waals surface area contributed by atoms with Gasteiger partial charge in [0, 0.05) is 6.42 Å². The molecule has 19 heteroatoms. The van der Waals surface area contributed by atoms with E-state index in [1.54, 1.807) is 6.08 Å². The number of carbonyl (C=O) groups excluding carboxylic acids is 1. The van der Waals surface area contributed by atoms with E-state index >= 15 is 0 Å². The molecule has 0 bridgehead atoms. The highest BCUT2D eigenvalue weighted by Crippen LogP contribution is 2.33. The minimum absolute atomic E-state index is 0.223.